The van der Waals surface area contributed by atoms with Gasteiger partial charge >= 0.3 is 5.97 Å². The molecule has 0 saturated carbocycles. The molecule has 0 fully saturated rings. The topological polar surface area (TPSA) is 66.4 Å². The minimum Gasteiger partial charge on any atom is -0.478 e. The fourth-order valence-electron chi connectivity index (χ4n) is 0.801. The van der Waals surface area contributed by atoms with E-state index in [1.165, 1.54) is 12.8 Å². The number of carboxylic acids is 1. The molecule has 15 heavy (non-hydrogen) atoms. The number of carbonyl (C=O) groups excluding carboxylic acids is 1. The molecular formula is C10H17NO3S. The predicted octanol–water partition coefficient (Wildman–Crippen LogP) is 1.28. The van der Waals surface area contributed by atoms with E-state index in [1.54, 1.807) is 11.8 Å². The van der Waals surface area contributed by atoms with Gasteiger partial charge in [-0.2, -0.15) is 11.8 Å². The van der Waals surface area contributed by atoms with E-state index in [1.807, 2.05) is 0 Å². The van der Waals surface area contributed by atoms with Crippen LogP contribution < -0.4 is 5.32 Å². The number of nitrogens with one attached hydrogen (secondary N) is 1. The molecule has 0 atom stereocenters. The second-order valence-electron chi connectivity index (χ2n) is 2.93. The normalized spacial score (nSPS) is 10.5. The van der Waals surface area contributed by atoms with E-state index in [9.17, 15) is 9.59 Å². The molecule has 0 unspecified atom stereocenters. The van der Waals surface area contributed by atoms with Crippen LogP contribution in [0.5, 0.6) is 0 Å². The third kappa shape index (κ3) is 11.0. The minimum absolute atomic E-state index is 0.353. The van der Waals surface area contributed by atoms with Crippen LogP contribution in [0.15, 0.2) is 12.2 Å². The summed E-state index contributed by atoms with van der Waals surface area (Å²) in [5.74, 6) is 0.514. The number of amides is 1. The summed E-state index contributed by atoms with van der Waals surface area (Å²) >= 11 is 1.79. The molecule has 0 aliphatic rings. The maximum atomic E-state index is 11.0. The number of carboxylic acid groups (broad SMARTS) is 1. The Morgan fingerprint density at radius 3 is 2.67 bits per heavy atom. The zero-order valence-corrected chi connectivity index (χ0v) is 9.68. The Morgan fingerprint density at radius 1 is 1.33 bits per heavy atom. The standard InChI is InChI=1S/C10H17NO3S/c1-2-3-7-15-8-6-11-9(12)4-5-10(13)14/h4-5H,2-3,6-8H2,1H3,(H,11,12)(H,13,14)/b5-4-. The maximum Gasteiger partial charge on any atom is 0.328 e. The molecule has 0 aliphatic carbocycles. The number of aliphatic carboxylic acids is 1. The van der Waals surface area contributed by atoms with Crippen molar-refractivity contribution in [3.05, 3.63) is 12.2 Å². The van der Waals surface area contributed by atoms with Crippen LogP contribution in [-0.4, -0.2) is 35.0 Å². The summed E-state index contributed by atoms with van der Waals surface area (Å²) in [7, 11) is 0. The van der Waals surface area contributed by atoms with E-state index in [0.29, 0.717) is 6.54 Å². The van der Waals surface area contributed by atoms with Crippen molar-refractivity contribution in [3.8, 4) is 0 Å². The van der Waals surface area contributed by atoms with Crippen LogP contribution in [0.3, 0.4) is 0 Å². The van der Waals surface area contributed by atoms with Crippen molar-refractivity contribution in [2.75, 3.05) is 18.1 Å². The Labute approximate surface area is 94.1 Å². The highest BCUT2D eigenvalue weighted by Gasteiger charge is 1.95. The van der Waals surface area contributed by atoms with Crippen molar-refractivity contribution < 1.29 is 14.7 Å². The molecular weight excluding hydrogens is 214 g/mol. The van der Waals surface area contributed by atoms with Crippen LogP contribution in [0.1, 0.15) is 19.8 Å². The Morgan fingerprint density at radius 2 is 2.07 bits per heavy atom. The van der Waals surface area contributed by atoms with Gasteiger partial charge in [-0.3, -0.25) is 4.79 Å². The molecule has 1 amide bonds. The molecule has 4 nitrogen and oxygen atoms in total. The highest BCUT2D eigenvalue weighted by Crippen LogP contribution is 2.02. The molecule has 0 aromatic carbocycles. The zero-order chi connectivity index (χ0) is 11.5. The lowest BCUT2D eigenvalue weighted by atomic mass is 10.4. The van der Waals surface area contributed by atoms with Gasteiger partial charge in [0, 0.05) is 24.4 Å². The van der Waals surface area contributed by atoms with Gasteiger partial charge in [-0.15, -0.1) is 0 Å². The summed E-state index contributed by atoms with van der Waals surface area (Å²) in [6, 6.07) is 0. The molecule has 0 spiro atoms. The Bertz CT molecular complexity index is 229. The molecule has 0 bridgehead atoms. The molecule has 86 valence electrons. The van der Waals surface area contributed by atoms with Gasteiger partial charge in [-0.05, 0) is 12.2 Å². The van der Waals surface area contributed by atoms with Gasteiger partial charge < -0.3 is 10.4 Å². The van der Waals surface area contributed by atoms with Gasteiger partial charge in [0.2, 0.25) is 5.91 Å². The average Bonchev–Trinajstić information content (AvgIpc) is 2.20. The molecule has 0 rings (SSSR count). The molecule has 0 saturated heterocycles. The van der Waals surface area contributed by atoms with Crippen molar-refractivity contribution >= 4 is 23.6 Å². The summed E-state index contributed by atoms with van der Waals surface area (Å²) in [6.07, 6.45) is 4.23. The van der Waals surface area contributed by atoms with E-state index < -0.39 is 5.97 Å². The first kappa shape index (κ1) is 14.0. The van der Waals surface area contributed by atoms with E-state index >= 15 is 0 Å². The lowest BCUT2D eigenvalue weighted by Crippen LogP contribution is -2.23. The predicted molar refractivity (Wildman–Crippen MR) is 62.0 cm³/mol. The second-order valence-corrected chi connectivity index (χ2v) is 4.15. The Hall–Kier alpha value is -0.970. The first-order valence-corrected chi connectivity index (χ1v) is 6.09. The summed E-state index contributed by atoms with van der Waals surface area (Å²) in [5.41, 5.74) is 0. The number of thioether (sulfide) groups is 1. The van der Waals surface area contributed by atoms with Gasteiger partial charge in [0.15, 0.2) is 0 Å². The molecule has 2 N–H and O–H groups in total. The molecule has 0 radical (unpaired) electrons. The van der Waals surface area contributed by atoms with Crippen LogP contribution in [0.25, 0.3) is 0 Å². The van der Waals surface area contributed by atoms with Crippen molar-refractivity contribution in [3.63, 3.8) is 0 Å². The monoisotopic (exact) mass is 231 g/mol. The maximum absolute atomic E-state index is 11.0. The van der Waals surface area contributed by atoms with Crippen LogP contribution in [0.2, 0.25) is 0 Å². The van der Waals surface area contributed by atoms with Gasteiger partial charge in [0.1, 0.15) is 0 Å². The quantitative estimate of drug-likeness (QED) is 0.488. The minimum atomic E-state index is -1.11. The Kier molecular flexibility index (Phi) is 8.96. The third-order valence-corrected chi connectivity index (χ3v) is 2.64. The molecule has 5 heteroatoms. The van der Waals surface area contributed by atoms with Crippen molar-refractivity contribution in [2.24, 2.45) is 0 Å². The number of hydrogen-bond donors (Lipinski definition) is 2. The zero-order valence-electron chi connectivity index (χ0n) is 8.86. The number of rotatable bonds is 8. The van der Waals surface area contributed by atoms with Crippen molar-refractivity contribution in [1.82, 2.24) is 5.32 Å². The fraction of sp³-hybridized carbons (Fsp3) is 0.600. The second kappa shape index (κ2) is 9.58. The SMILES string of the molecule is CCCCSCCNC(=O)/C=C\C(=O)O. The van der Waals surface area contributed by atoms with Crippen molar-refractivity contribution in [2.45, 2.75) is 19.8 Å². The fourth-order valence-corrected chi connectivity index (χ4v) is 1.74. The van der Waals surface area contributed by atoms with Crippen LogP contribution in [0.4, 0.5) is 0 Å². The number of hydrogen-bond acceptors (Lipinski definition) is 3. The van der Waals surface area contributed by atoms with E-state index in [4.69, 9.17) is 5.11 Å². The van der Waals surface area contributed by atoms with Gasteiger partial charge in [-0.1, -0.05) is 13.3 Å². The Balaban J connectivity index is 3.35. The summed E-state index contributed by atoms with van der Waals surface area (Å²) in [5, 5.41) is 10.9. The van der Waals surface area contributed by atoms with Crippen LogP contribution in [0, 0.1) is 0 Å². The highest BCUT2D eigenvalue weighted by molar-refractivity contribution is 7.99. The lowest BCUT2D eigenvalue weighted by molar-refractivity contribution is -0.131. The van der Waals surface area contributed by atoms with E-state index in [0.717, 1.165) is 23.7 Å². The summed E-state index contributed by atoms with van der Waals surface area (Å²) < 4.78 is 0. The summed E-state index contributed by atoms with van der Waals surface area (Å²) in [6.45, 7) is 2.72. The first-order chi connectivity index (χ1) is 7.16. The summed E-state index contributed by atoms with van der Waals surface area (Å²) in [4.78, 5) is 21.0. The van der Waals surface area contributed by atoms with Gasteiger partial charge in [-0.25, -0.2) is 4.79 Å². The average molecular weight is 231 g/mol. The van der Waals surface area contributed by atoms with Crippen LogP contribution in [-0.2, 0) is 9.59 Å². The van der Waals surface area contributed by atoms with Gasteiger partial charge in [0.05, 0.1) is 0 Å². The third-order valence-electron chi connectivity index (χ3n) is 1.57. The van der Waals surface area contributed by atoms with Crippen LogP contribution >= 0.6 is 11.8 Å². The number of carbonyl (C=O) groups is 2. The lowest BCUT2D eigenvalue weighted by Gasteiger charge is -2.01. The molecule has 0 aliphatic heterocycles. The smallest absolute Gasteiger partial charge is 0.328 e. The number of unbranched alkanes of at least 4 members (excludes halogenated alkanes) is 1. The highest BCUT2D eigenvalue weighted by atomic mass is 32.2. The molecule has 0 heterocycles. The molecule has 0 aromatic heterocycles. The van der Waals surface area contributed by atoms with Crippen molar-refractivity contribution in [1.29, 1.82) is 0 Å². The van der Waals surface area contributed by atoms with E-state index in [2.05, 4.69) is 12.2 Å². The van der Waals surface area contributed by atoms with Gasteiger partial charge in [0.25, 0.3) is 0 Å². The largest absolute Gasteiger partial charge is 0.478 e. The van der Waals surface area contributed by atoms with E-state index in [-0.39, 0.29) is 5.91 Å². The molecule has 0 aromatic rings. The first-order valence-electron chi connectivity index (χ1n) is 4.93.